The molecule has 1 saturated carbocycles. The first kappa shape index (κ1) is 20.2. The van der Waals surface area contributed by atoms with Crippen molar-refractivity contribution in [2.24, 2.45) is 0 Å². The van der Waals surface area contributed by atoms with Crippen molar-refractivity contribution in [2.75, 3.05) is 36.8 Å². The lowest BCUT2D eigenvalue weighted by atomic mass is 10.2. The van der Waals surface area contributed by atoms with Crippen molar-refractivity contribution in [1.29, 1.82) is 0 Å². The summed E-state index contributed by atoms with van der Waals surface area (Å²) in [6.45, 7) is 5.44. The number of carbonyl (C=O) groups is 1. The zero-order chi connectivity index (χ0) is 21.2. The van der Waals surface area contributed by atoms with Crippen molar-refractivity contribution in [3.8, 4) is 11.3 Å². The standard InChI is InChI=1S/C25H28N4OS/c1-19-6-5-9-22(16-19)27-12-14-28(15-13-27)24(30)18-31-25-26-17-23(29(25)21-10-11-21)20-7-3-2-4-8-20/h2-9,16-17,21H,10-15,18H2,1H3. The number of piperazine rings is 1. The Kier molecular flexibility index (Phi) is 5.72. The van der Waals surface area contributed by atoms with E-state index < -0.39 is 0 Å². The first-order valence-electron chi connectivity index (χ1n) is 11.0. The Labute approximate surface area is 188 Å². The van der Waals surface area contributed by atoms with Crippen LogP contribution in [0, 0.1) is 6.92 Å². The second kappa shape index (κ2) is 8.79. The average Bonchev–Trinajstić information content (AvgIpc) is 3.57. The number of rotatable bonds is 6. The van der Waals surface area contributed by atoms with E-state index in [0.717, 1.165) is 37.0 Å². The van der Waals surface area contributed by atoms with E-state index in [1.165, 1.54) is 29.7 Å². The summed E-state index contributed by atoms with van der Waals surface area (Å²) >= 11 is 1.58. The molecule has 6 heteroatoms. The van der Waals surface area contributed by atoms with Crippen LogP contribution in [0.2, 0.25) is 0 Å². The summed E-state index contributed by atoms with van der Waals surface area (Å²) in [6, 6.07) is 19.5. The van der Waals surface area contributed by atoms with Crippen molar-refractivity contribution in [3.05, 3.63) is 66.4 Å². The number of hydrogen-bond acceptors (Lipinski definition) is 4. The zero-order valence-electron chi connectivity index (χ0n) is 17.9. The molecule has 1 aromatic heterocycles. The van der Waals surface area contributed by atoms with Crippen LogP contribution in [0.3, 0.4) is 0 Å². The summed E-state index contributed by atoms with van der Waals surface area (Å²) < 4.78 is 2.34. The molecule has 0 spiro atoms. The number of thioether (sulfide) groups is 1. The topological polar surface area (TPSA) is 41.4 Å². The summed E-state index contributed by atoms with van der Waals surface area (Å²) in [5.74, 6) is 0.656. The van der Waals surface area contributed by atoms with Crippen molar-refractivity contribution in [2.45, 2.75) is 31.0 Å². The van der Waals surface area contributed by atoms with Crippen molar-refractivity contribution < 1.29 is 4.79 Å². The number of aromatic nitrogens is 2. The van der Waals surface area contributed by atoms with Crippen LogP contribution in [0.5, 0.6) is 0 Å². The number of imidazole rings is 1. The normalized spacial score (nSPS) is 16.5. The maximum Gasteiger partial charge on any atom is 0.233 e. The number of aryl methyl sites for hydroxylation is 1. The minimum Gasteiger partial charge on any atom is -0.368 e. The number of nitrogens with zero attached hydrogens (tertiary/aromatic N) is 4. The van der Waals surface area contributed by atoms with Crippen molar-refractivity contribution in [3.63, 3.8) is 0 Å². The monoisotopic (exact) mass is 432 g/mol. The molecule has 0 bridgehead atoms. The molecule has 160 valence electrons. The predicted molar refractivity (Wildman–Crippen MR) is 127 cm³/mol. The minimum absolute atomic E-state index is 0.209. The first-order chi connectivity index (χ1) is 15.2. The van der Waals surface area contributed by atoms with Gasteiger partial charge >= 0.3 is 0 Å². The maximum absolute atomic E-state index is 12.9. The molecule has 0 radical (unpaired) electrons. The molecular formula is C25H28N4OS. The molecule has 2 aliphatic rings. The molecule has 31 heavy (non-hydrogen) atoms. The number of hydrogen-bond donors (Lipinski definition) is 0. The third kappa shape index (κ3) is 4.49. The highest BCUT2D eigenvalue weighted by Crippen LogP contribution is 2.41. The van der Waals surface area contributed by atoms with Gasteiger partial charge in [-0.1, -0.05) is 54.2 Å². The van der Waals surface area contributed by atoms with Gasteiger partial charge in [-0.3, -0.25) is 4.79 Å². The lowest BCUT2D eigenvalue weighted by Crippen LogP contribution is -2.49. The van der Waals surface area contributed by atoms with Gasteiger partial charge in [0.25, 0.3) is 0 Å². The number of anilines is 1. The molecule has 1 aliphatic heterocycles. The lowest BCUT2D eigenvalue weighted by molar-refractivity contribution is -0.128. The van der Waals surface area contributed by atoms with Gasteiger partial charge < -0.3 is 14.4 Å². The minimum atomic E-state index is 0.209. The van der Waals surface area contributed by atoms with E-state index in [4.69, 9.17) is 0 Å². The fraction of sp³-hybridized carbons (Fsp3) is 0.360. The van der Waals surface area contributed by atoms with Crippen LogP contribution in [-0.4, -0.2) is 52.3 Å². The van der Waals surface area contributed by atoms with Gasteiger partial charge in [-0.15, -0.1) is 0 Å². The Hall–Kier alpha value is -2.73. The third-order valence-electron chi connectivity index (χ3n) is 6.07. The summed E-state index contributed by atoms with van der Waals surface area (Å²) in [4.78, 5) is 21.9. The number of carbonyl (C=O) groups excluding carboxylic acids is 1. The van der Waals surface area contributed by atoms with E-state index in [2.05, 4.69) is 69.9 Å². The molecule has 2 heterocycles. The van der Waals surface area contributed by atoms with Gasteiger partial charge in [0.15, 0.2) is 5.16 Å². The smallest absolute Gasteiger partial charge is 0.233 e. The van der Waals surface area contributed by atoms with Gasteiger partial charge in [0, 0.05) is 37.9 Å². The molecule has 2 fully saturated rings. The molecule has 3 aromatic rings. The van der Waals surface area contributed by atoms with Gasteiger partial charge in [0.2, 0.25) is 5.91 Å². The van der Waals surface area contributed by atoms with Crippen molar-refractivity contribution in [1.82, 2.24) is 14.5 Å². The highest BCUT2D eigenvalue weighted by molar-refractivity contribution is 7.99. The molecule has 1 aliphatic carbocycles. The molecule has 0 N–H and O–H groups in total. The quantitative estimate of drug-likeness (QED) is 0.533. The maximum atomic E-state index is 12.9. The Balaban J connectivity index is 1.20. The van der Waals surface area contributed by atoms with E-state index in [-0.39, 0.29) is 5.91 Å². The van der Waals surface area contributed by atoms with E-state index in [1.54, 1.807) is 11.8 Å². The Bertz CT molecular complexity index is 1050. The van der Waals surface area contributed by atoms with Gasteiger partial charge in [0.05, 0.1) is 17.6 Å². The van der Waals surface area contributed by atoms with Gasteiger partial charge in [0.1, 0.15) is 0 Å². The van der Waals surface area contributed by atoms with Crippen LogP contribution in [0.25, 0.3) is 11.3 Å². The SMILES string of the molecule is Cc1cccc(N2CCN(C(=O)CSc3ncc(-c4ccccc4)n3C3CC3)CC2)c1. The molecule has 5 rings (SSSR count). The van der Waals surface area contributed by atoms with Crippen LogP contribution < -0.4 is 4.90 Å². The van der Waals surface area contributed by atoms with Crippen LogP contribution in [0.15, 0.2) is 66.0 Å². The van der Waals surface area contributed by atoms with Crippen molar-refractivity contribution >= 4 is 23.4 Å². The lowest BCUT2D eigenvalue weighted by Gasteiger charge is -2.36. The Morgan fingerprint density at radius 1 is 1.03 bits per heavy atom. The largest absolute Gasteiger partial charge is 0.368 e. The van der Waals surface area contributed by atoms with Gasteiger partial charge in [-0.2, -0.15) is 0 Å². The molecule has 1 saturated heterocycles. The fourth-order valence-corrected chi connectivity index (χ4v) is 5.16. The summed E-state index contributed by atoms with van der Waals surface area (Å²) in [7, 11) is 0. The fourth-order valence-electron chi connectivity index (χ4n) is 4.22. The summed E-state index contributed by atoms with van der Waals surface area (Å²) in [6.07, 6.45) is 4.35. The molecule has 0 unspecified atom stereocenters. The van der Waals surface area contributed by atoms with Crippen LogP contribution in [0.1, 0.15) is 24.4 Å². The van der Waals surface area contributed by atoms with Crippen LogP contribution >= 0.6 is 11.8 Å². The summed E-state index contributed by atoms with van der Waals surface area (Å²) in [5.41, 5.74) is 4.87. The molecule has 2 aromatic carbocycles. The first-order valence-corrected chi connectivity index (χ1v) is 12.0. The molecule has 1 amide bonds. The van der Waals surface area contributed by atoms with E-state index in [1.807, 2.05) is 17.2 Å². The number of amides is 1. The van der Waals surface area contributed by atoms with Gasteiger partial charge in [-0.05, 0) is 43.0 Å². The predicted octanol–water partition coefficient (Wildman–Crippen LogP) is 4.63. The second-order valence-electron chi connectivity index (χ2n) is 8.39. The highest BCUT2D eigenvalue weighted by atomic mass is 32.2. The van der Waals surface area contributed by atoms with E-state index >= 15 is 0 Å². The summed E-state index contributed by atoms with van der Waals surface area (Å²) in [5, 5.41) is 0.966. The van der Waals surface area contributed by atoms with E-state index in [0.29, 0.717) is 11.8 Å². The van der Waals surface area contributed by atoms with E-state index in [9.17, 15) is 4.79 Å². The Morgan fingerprint density at radius 3 is 2.52 bits per heavy atom. The Morgan fingerprint density at radius 2 is 1.81 bits per heavy atom. The zero-order valence-corrected chi connectivity index (χ0v) is 18.7. The van der Waals surface area contributed by atoms with Gasteiger partial charge in [-0.25, -0.2) is 4.98 Å². The molecule has 0 atom stereocenters. The molecular weight excluding hydrogens is 404 g/mol. The van der Waals surface area contributed by atoms with Crippen LogP contribution in [-0.2, 0) is 4.79 Å². The highest BCUT2D eigenvalue weighted by Gasteiger charge is 2.30. The average molecular weight is 433 g/mol. The number of benzene rings is 2. The second-order valence-corrected chi connectivity index (χ2v) is 9.33. The molecule has 5 nitrogen and oxygen atoms in total. The van der Waals surface area contributed by atoms with Crippen LogP contribution in [0.4, 0.5) is 5.69 Å². The third-order valence-corrected chi connectivity index (χ3v) is 7.02.